The average Bonchev–Trinajstić information content (AvgIpc) is 2.47. The van der Waals surface area contributed by atoms with E-state index in [9.17, 15) is 4.79 Å². The number of piperazine rings is 1. The van der Waals surface area contributed by atoms with Gasteiger partial charge in [0.1, 0.15) is 6.04 Å². The fraction of sp³-hybridized carbons (Fsp3) is 0.938. The van der Waals surface area contributed by atoms with E-state index in [0.29, 0.717) is 6.04 Å². The largest absolute Gasteiger partial charge is 0.355 e. The Balaban J connectivity index is 1.93. The Morgan fingerprint density at radius 1 is 1.30 bits per heavy atom. The lowest BCUT2D eigenvalue weighted by Crippen LogP contribution is -2.61. The Kier molecular flexibility index (Phi) is 5.85. The summed E-state index contributed by atoms with van der Waals surface area (Å²) in [5.41, 5.74) is 0. The molecule has 20 heavy (non-hydrogen) atoms. The van der Waals surface area contributed by atoms with Crippen LogP contribution in [0.2, 0.25) is 0 Å². The van der Waals surface area contributed by atoms with Crippen molar-refractivity contribution in [3.8, 4) is 0 Å². The van der Waals surface area contributed by atoms with Crippen molar-refractivity contribution in [1.29, 1.82) is 0 Å². The maximum absolute atomic E-state index is 12.2. The summed E-state index contributed by atoms with van der Waals surface area (Å²) >= 11 is 0. The van der Waals surface area contributed by atoms with E-state index in [4.69, 9.17) is 0 Å². The standard InChI is InChI=1S/C16H31N3O/c1-4-18-16(20)15-11-17-9-10-19(15)14-7-5-13(6-8-14)12(2)3/h12-15,17H,4-11H2,1-3H3,(H,18,20). The maximum atomic E-state index is 12.2. The van der Waals surface area contributed by atoms with Crippen LogP contribution >= 0.6 is 0 Å². The molecule has 0 aromatic rings. The van der Waals surface area contributed by atoms with Gasteiger partial charge in [0.15, 0.2) is 0 Å². The second-order valence-corrected chi connectivity index (χ2v) is 6.66. The molecular weight excluding hydrogens is 250 g/mol. The molecule has 1 amide bonds. The van der Waals surface area contributed by atoms with Crippen LogP contribution in [0, 0.1) is 11.8 Å². The third kappa shape index (κ3) is 3.73. The van der Waals surface area contributed by atoms with Crippen molar-refractivity contribution in [3.05, 3.63) is 0 Å². The van der Waals surface area contributed by atoms with Crippen LogP contribution < -0.4 is 10.6 Å². The van der Waals surface area contributed by atoms with Crippen LogP contribution in [-0.4, -0.2) is 49.1 Å². The summed E-state index contributed by atoms with van der Waals surface area (Å²) in [5.74, 6) is 1.89. The van der Waals surface area contributed by atoms with Crippen LogP contribution in [-0.2, 0) is 4.79 Å². The lowest BCUT2D eigenvalue weighted by atomic mass is 9.79. The smallest absolute Gasteiger partial charge is 0.238 e. The first-order valence-electron chi connectivity index (χ1n) is 8.37. The number of nitrogens with zero attached hydrogens (tertiary/aromatic N) is 1. The summed E-state index contributed by atoms with van der Waals surface area (Å²) in [6, 6.07) is 0.643. The van der Waals surface area contributed by atoms with Gasteiger partial charge < -0.3 is 10.6 Å². The second kappa shape index (κ2) is 7.41. The fourth-order valence-corrected chi connectivity index (χ4v) is 3.79. The maximum Gasteiger partial charge on any atom is 0.238 e. The third-order valence-corrected chi connectivity index (χ3v) is 5.09. The van der Waals surface area contributed by atoms with Gasteiger partial charge in [0.05, 0.1) is 0 Å². The molecule has 116 valence electrons. The lowest BCUT2D eigenvalue weighted by Gasteiger charge is -2.43. The zero-order chi connectivity index (χ0) is 14.5. The molecule has 1 aliphatic heterocycles. The van der Waals surface area contributed by atoms with Crippen molar-refractivity contribution in [2.24, 2.45) is 11.8 Å². The third-order valence-electron chi connectivity index (χ3n) is 5.09. The summed E-state index contributed by atoms with van der Waals surface area (Å²) in [6.45, 7) is 10.2. The monoisotopic (exact) mass is 281 g/mol. The van der Waals surface area contributed by atoms with E-state index in [1.165, 1.54) is 25.7 Å². The molecule has 2 rings (SSSR count). The zero-order valence-electron chi connectivity index (χ0n) is 13.3. The summed E-state index contributed by atoms with van der Waals surface area (Å²) in [6.07, 6.45) is 5.18. The van der Waals surface area contributed by atoms with Crippen molar-refractivity contribution >= 4 is 5.91 Å². The van der Waals surface area contributed by atoms with Crippen LogP contribution in [0.25, 0.3) is 0 Å². The number of rotatable bonds is 4. The fourth-order valence-electron chi connectivity index (χ4n) is 3.79. The van der Waals surface area contributed by atoms with Crippen LogP contribution in [0.1, 0.15) is 46.5 Å². The van der Waals surface area contributed by atoms with Crippen LogP contribution in [0.15, 0.2) is 0 Å². The molecule has 1 saturated heterocycles. The van der Waals surface area contributed by atoms with Gasteiger partial charge in [-0.05, 0) is 44.4 Å². The van der Waals surface area contributed by atoms with Crippen molar-refractivity contribution in [1.82, 2.24) is 15.5 Å². The predicted octanol–water partition coefficient (Wildman–Crippen LogP) is 1.61. The summed E-state index contributed by atoms with van der Waals surface area (Å²) < 4.78 is 0. The SMILES string of the molecule is CCNC(=O)C1CNCCN1C1CCC(C(C)C)CC1. The average molecular weight is 281 g/mol. The first-order chi connectivity index (χ1) is 9.63. The molecule has 0 bridgehead atoms. The van der Waals surface area contributed by atoms with E-state index < -0.39 is 0 Å². The molecule has 1 saturated carbocycles. The van der Waals surface area contributed by atoms with Crippen molar-refractivity contribution < 1.29 is 4.79 Å². The molecule has 4 heteroatoms. The highest BCUT2D eigenvalue weighted by atomic mass is 16.2. The molecular formula is C16H31N3O. The topological polar surface area (TPSA) is 44.4 Å². The van der Waals surface area contributed by atoms with Gasteiger partial charge in [-0.25, -0.2) is 0 Å². The first-order valence-corrected chi connectivity index (χ1v) is 8.37. The number of nitrogens with one attached hydrogen (secondary N) is 2. The minimum atomic E-state index is 0.0318. The van der Waals surface area contributed by atoms with E-state index in [2.05, 4.69) is 29.4 Å². The highest BCUT2D eigenvalue weighted by Gasteiger charge is 2.35. The molecule has 1 aliphatic carbocycles. The molecule has 4 nitrogen and oxygen atoms in total. The van der Waals surface area contributed by atoms with Gasteiger partial charge in [-0.1, -0.05) is 13.8 Å². The Hall–Kier alpha value is -0.610. The number of hydrogen-bond acceptors (Lipinski definition) is 3. The van der Waals surface area contributed by atoms with Crippen LogP contribution in [0.4, 0.5) is 0 Å². The van der Waals surface area contributed by atoms with Gasteiger partial charge >= 0.3 is 0 Å². The summed E-state index contributed by atoms with van der Waals surface area (Å²) in [4.78, 5) is 14.7. The molecule has 0 spiro atoms. The first kappa shape index (κ1) is 15.8. The number of carbonyl (C=O) groups excluding carboxylic acids is 1. The minimum absolute atomic E-state index is 0.0318. The predicted molar refractivity (Wildman–Crippen MR) is 82.6 cm³/mol. The van der Waals surface area contributed by atoms with Gasteiger partial charge in [-0.3, -0.25) is 9.69 Å². The normalized spacial score (nSPS) is 32.3. The quantitative estimate of drug-likeness (QED) is 0.823. The molecule has 1 unspecified atom stereocenters. The van der Waals surface area contributed by atoms with Gasteiger partial charge in [-0.15, -0.1) is 0 Å². The van der Waals surface area contributed by atoms with Gasteiger partial charge in [0.2, 0.25) is 5.91 Å². The van der Waals surface area contributed by atoms with E-state index in [-0.39, 0.29) is 11.9 Å². The number of carbonyl (C=O) groups is 1. The highest BCUT2D eigenvalue weighted by molar-refractivity contribution is 5.82. The van der Waals surface area contributed by atoms with Crippen LogP contribution in [0.5, 0.6) is 0 Å². The lowest BCUT2D eigenvalue weighted by molar-refractivity contribution is -0.128. The Bertz CT molecular complexity index is 311. The number of likely N-dealkylation sites (N-methyl/N-ethyl adjacent to an activating group) is 1. The molecule has 2 aliphatic rings. The second-order valence-electron chi connectivity index (χ2n) is 6.66. The zero-order valence-corrected chi connectivity index (χ0v) is 13.3. The molecule has 2 N–H and O–H groups in total. The number of hydrogen-bond donors (Lipinski definition) is 2. The molecule has 2 fully saturated rings. The highest BCUT2D eigenvalue weighted by Crippen LogP contribution is 2.33. The van der Waals surface area contributed by atoms with Crippen molar-refractivity contribution in [2.75, 3.05) is 26.2 Å². The molecule has 0 aromatic heterocycles. The molecule has 1 atom stereocenters. The van der Waals surface area contributed by atoms with Crippen molar-refractivity contribution in [2.45, 2.75) is 58.5 Å². The van der Waals surface area contributed by atoms with E-state index in [0.717, 1.165) is 38.0 Å². The minimum Gasteiger partial charge on any atom is -0.355 e. The van der Waals surface area contributed by atoms with Crippen molar-refractivity contribution in [3.63, 3.8) is 0 Å². The summed E-state index contributed by atoms with van der Waals surface area (Å²) in [7, 11) is 0. The molecule has 0 radical (unpaired) electrons. The molecule has 1 heterocycles. The van der Waals surface area contributed by atoms with E-state index >= 15 is 0 Å². The summed E-state index contributed by atoms with van der Waals surface area (Å²) in [5, 5.41) is 6.36. The Morgan fingerprint density at radius 2 is 2.00 bits per heavy atom. The Morgan fingerprint density at radius 3 is 2.60 bits per heavy atom. The Labute approximate surface area is 123 Å². The van der Waals surface area contributed by atoms with E-state index in [1.807, 2.05) is 6.92 Å². The van der Waals surface area contributed by atoms with E-state index in [1.54, 1.807) is 0 Å². The number of amides is 1. The molecule has 0 aromatic carbocycles. The van der Waals surface area contributed by atoms with Gasteiger partial charge in [0, 0.05) is 32.2 Å². The van der Waals surface area contributed by atoms with Gasteiger partial charge in [-0.2, -0.15) is 0 Å². The van der Waals surface area contributed by atoms with Gasteiger partial charge in [0.25, 0.3) is 0 Å². The van der Waals surface area contributed by atoms with Crippen LogP contribution in [0.3, 0.4) is 0 Å².